The monoisotopic (exact) mass is 523 g/mol. The largest absolute Gasteiger partial charge is 0.308 e. The minimum absolute atomic E-state index is 0.645. The fourth-order valence-electron chi connectivity index (χ4n) is 7.18. The lowest BCUT2D eigenvalue weighted by molar-refractivity contribution is 0.983. The van der Waals surface area contributed by atoms with Crippen molar-refractivity contribution in [1.29, 1.82) is 0 Å². The zero-order chi connectivity index (χ0) is 26.8. The lowest BCUT2D eigenvalue weighted by atomic mass is 10.0. The van der Waals surface area contributed by atoms with Gasteiger partial charge in [0.15, 0.2) is 5.65 Å². The topological polar surface area (TPSA) is 48.0 Å². The van der Waals surface area contributed by atoms with Crippen LogP contribution in [-0.4, -0.2) is 23.9 Å². The number of rotatable bonds is 1. The maximum absolute atomic E-state index is 5.10. The molecule has 0 N–H and O–H groups in total. The van der Waals surface area contributed by atoms with Gasteiger partial charge in [0.1, 0.15) is 0 Å². The molecule has 0 atom stereocenters. The third-order valence-corrected chi connectivity index (χ3v) is 8.84. The van der Waals surface area contributed by atoms with E-state index in [2.05, 4.69) is 105 Å². The molecule has 5 heteroatoms. The van der Waals surface area contributed by atoms with Gasteiger partial charge in [0.25, 0.3) is 0 Å². The van der Waals surface area contributed by atoms with Crippen LogP contribution >= 0.6 is 0 Å². The summed E-state index contributed by atoms with van der Waals surface area (Å²) >= 11 is 0. The summed E-state index contributed by atoms with van der Waals surface area (Å²) in [7, 11) is 0. The van der Waals surface area contributed by atoms with Gasteiger partial charge in [-0.1, -0.05) is 72.8 Å². The van der Waals surface area contributed by atoms with Gasteiger partial charge in [-0.3, -0.25) is 4.57 Å². The molecular formula is C36H21N5. The first kappa shape index (κ1) is 21.3. The number of para-hydroxylation sites is 2. The number of aromatic nitrogens is 5. The quantitative estimate of drug-likeness (QED) is 0.216. The summed E-state index contributed by atoms with van der Waals surface area (Å²) in [6.45, 7) is 2.04. The lowest BCUT2D eigenvalue weighted by Gasteiger charge is -2.10. The van der Waals surface area contributed by atoms with E-state index in [4.69, 9.17) is 9.97 Å². The molecule has 41 heavy (non-hydrogen) atoms. The first-order valence-corrected chi connectivity index (χ1v) is 13.9. The van der Waals surface area contributed by atoms with Gasteiger partial charge in [0.2, 0.25) is 5.95 Å². The van der Waals surface area contributed by atoms with E-state index in [0.29, 0.717) is 11.6 Å². The van der Waals surface area contributed by atoms with Crippen LogP contribution in [0.15, 0.2) is 109 Å². The summed E-state index contributed by atoms with van der Waals surface area (Å²) in [4.78, 5) is 14.8. The lowest BCUT2D eigenvalue weighted by Crippen LogP contribution is -2.04. The zero-order valence-corrected chi connectivity index (χ0v) is 22.1. The molecule has 5 heterocycles. The Balaban J connectivity index is 1.54. The second-order valence-electron chi connectivity index (χ2n) is 10.9. The number of hydrogen-bond donors (Lipinski definition) is 0. The van der Waals surface area contributed by atoms with Crippen molar-refractivity contribution in [1.82, 2.24) is 23.9 Å². The Kier molecular flexibility index (Phi) is 3.81. The standard InChI is InChI=1S/C36H21N5/c1-20-22-13-8-18-37-35(22)39-36(38-20)41-30-19-27-24-11-4-6-14-28(24)40-29-15-7-5-12-25(29)32(34(27)40)31(30)26-17-16-21-9-2-3-10-23(21)33(26)41/h2-19H,1H3. The molecule has 0 aliphatic carbocycles. The molecular weight excluding hydrogens is 502 g/mol. The third-order valence-electron chi connectivity index (χ3n) is 8.84. The van der Waals surface area contributed by atoms with E-state index < -0.39 is 0 Å². The van der Waals surface area contributed by atoms with Crippen LogP contribution in [-0.2, 0) is 0 Å². The molecule has 190 valence electrons. The maximum Gasteiger partial charge on any atom is 0.236 e. The molecule has 10 aromatic rings. The van der Waals surface area contributed by atoms with Gasteiger partial charge in [-0.2, -0.15) is 4.98 Å². The van der Waals surface area contributed by atoms with Crippen molar-refractivity contribution >= 4 is 81.7 Å². The normalized spacial score (nSPS) is 12.5. The van der Waals surface area contributed by atoms with Crippen molar-refractivity contribution in [3.8, 4) is 5.95 Å². The highest BCUT2D eigenvalue weighted by Crippen LogP contribution is 2.47. The van der Waals surface area contributed by atoms with Gasteiger partial charge in [0, 0.05) is 49.3 Å². The Bertz CT molecular complexity index is 2710. The SMILES string of the molecule is Cc1nc(-n2c3cc4c5ccccc5n5c6ccccc6c(c3c3ccc6ccccc6c32)c45)nc2ncccc12. The number of hydrogen-bond acceptors (Lipinski definition) is 3. The molecule has 0 aliphatic rings. The highest BCUT2D eigenvalue weighted by atomic mass is 15.2. The van der Waals surface area contributed by atoms with Crippen LogP contribution in [0.1, 0.15) is 5.69 Å². The predicted molar refractivity (Wildman–Crippen MR) is 169 cm³/mol. The molecule has 0 aliphatic heterocycles. The van der Waals surface area contributed by atoms with E-state index in [1.807, 2.05) is 19.1 Å². The van der Waals surface area contributed by atoms with Gasteiger partial charge in [-0.15, -0.1) is 0 Å². The Morgan fingerprint density at radius 1 is 0.537 bits per heavy atom. The van der Waals surface area contributed by atoms with Crippen molar-refractivity contribution in [2.45, 2.75) is 6.92 Å². The first-order valence-electron chi connectivity index (χ1n) is 13.9. The maximum atomic E-state index is 5.10. The Labute approximate surface area is 233 Å². The van der Waals surface area contributed by atoms with Crippen LogP contribution in [0, 0.1) is 6.92 Å². The van der Waals surface area contributed by atoms with E-state index in [1.54, 1.807) is 6.20 Å². The predicted octanol–water partition coefficient (Wildman–Crippen LogP) is 8.73. The first-order chi connectivity index (χ1) is 20.3. The smallest absolute Gasteiger partial charge is 0.236 e. The van der Waals surface area contributed by atoms with E-state index in [-0.39, 0.29) is 0 Å². The fraction of sp³-hybridized carbons (Fsp3) is 0.0278. The number of benzene rings is 5. The average molecular weight is 524 g/mol. The minimum Gasteiger partial charge on any atom is -0.308 e. The van der Waals surface area contributed by atoms with E-state index in [1.165, 1.54) is 59.6 Å². The number of pyridine rings is 1. The fourth-order valence-corrected chi connectivity index (χ4v) is 7.18. The van der Waals surface area contributed by atoms with Gasteiger partial charge in [-0.25, -0.2) is 9.97 Å². The Morgan fingerprint density at radius 3 is 2.15 bits per heavy atom. The van der Waals surface area contributed by atoms with Crippen LogP contribution in [0.2, 0.25) is 0 Å². The summed E-state index contributed by atoms with van der Waals surface area (Å²) in [6, 6.07) is 37.0. The number of fused-ring (bicyclic) bond motifs is 13. The Hall–Kier alpha value is -5.55. The molecule has 0 unspecified atom stereocenters. The molecule has 0 radical (unpaired) electrons. The summed E-state index contributed by atoms with van der Waals surface area (Å²) < 4.78 is 4.72. The van der Waals surface area contributed by atoms with Crippen LogP contribution in [0.4, 0.5) is 0 Å². The molecule has 0 saturated heterocycles. The Morgan fingerprint density at radius 2 is 1.27 bits per heavy atom. The van der Waals surface area contributed by atoms with Crippen molar-refractivity contribution in [2.75, 3.05) is 0 Å². The highest BCUT2D eigenvalue weighted by Gasteiger charge is 2.25. The summed E-state index contributed by atoms with van der Waals surface area (Å²) in [5.74, 6) is 0.645. The van der Waals surface area contributed by atoms with Gasteiger partial charge in [-0.05, 0) is 42.6 Å². The van der Waals surface area contributed by atoms with E-state index in [9.17, 15) is 0 Å². The number of nitrogens with zero attached hydrogens (tertiary/aromatic N) is 5. The van der Waals surface area contributed by atoms with Crippen LogP contribution < -0.4 is 0 Å². The van der Waals surface area contributed by atoms with E-state index >= 15 is 0 Å². The van der Waals surface area contributed by atoms with Crippen molar-refractivity contribution in [3.63, 3.8) is 0 Å². The molecule has 5 aromatic carbocycles. The van der Waals surface area contributed by atoms with E-state index in [0.717, 1.165) is 22.1 Å². The van der Waals surface area contributed by atoms with Gasteiger partial charge in [0.05, 0.1) is 33.3 Å². The zero-order valence-electron chi connectivity index (χ0n) is 22.1. The molecule has 5 nitrogen and oxygen atoms in total. The van der Waals surface area contributed by atoms with Crippen molar-refractivity contribution in [2.24, 2.45) is 0 Å². The third kappa shape index (κ3) is 2.54. The van der Waals surface area contributed by atoms with Crippen molar-refractivity contribution < 1.29 is 0 Å². The molecule has 0 bridgehead atoms. The van der Waals surface area contributed by atoms with Gasteiger partial charge >= 0.3 is 0 Å². The molecule has 0 fully saturated rings. The summed E-state index contributed by atoms with van der Waals surface area (Å²) in [5.41, 5.74) is 7.57. The highest BCUT2D eigenvalue weighted by molar-refractivity contribution is 6.37. The van der Waals surface area contributed by atoms with Crippen LogP contribution in [0.5, 0.6) is 0 Å². The molecule has 0 spiro atoms. The minimum atomic E-state index is 0.645. The number of aryl methyl sites for hydroxylation is 1. The van der Waals surface area contributed by atoms with Gasteiger partial charge < -0.3 is 4.40 Å². The molecule has 0 amide bonds. The van der Waals surface area contributed by atoms with Crippen LogP contribution in [0.3, 0.4) is 0 Å². The summed E-state index contributed by atoms with van der Waals surface area (Å²) in [5, 5.41) is 10.8. The molecule has 0 saturated carbocycles. The average Bonchev–Trinajstić information content (AvgIpc) is 3.65. The molecule has 5 aromatic heterocycles. The van der Waals surface area contributed by atoms with Crippen LogP contribution in [0.25, 0.3) is 87.7 Å². The summed E-state index contributed by atoms with van der Waals surface area (Å²) in [6.07, 6.45) is 1.80. The second kappa shape index (κ2) is 7.34. The van der Waals surface area contributed by atoms with Crippen molar-refractivity contribution in [3.05, 3.63) is 115 Å². The second-order valence-corrected chi connectivity index (χ2v) is 10.9. The molecule has 10 rings (SSSR count).